The van der Waals surface area contributed by atoms with Gasteiger partial charge in [0.1, 0.15) is 0 Å². The van der Waals surface area contributed by atoms with Gasteiger partial charge < -0.3 is 24.8 Å². The maximum absolute atomic E-state index is 13.0. The van der Waals surface area contributed by atoms with Gasteiger partial charge in [0, 0.05) is 11.3 Å². The average molecular weight is 604 g/mol. The molecule has 0 saturated heterocycles. The molecular formula is C31H33N5O6S. The average Bonchev–Trinajstić information content (AvgIpc) is 3.42. The van der Waals surface area contributed by atoms with Gasteiger partial charge >= 0.3 is 5.97 Å². The van der Waals surface area contributed by atoms with Crippen molar-refractivity contribution in [2.45, 2.75) is 32.5 Å². The van der Waals surface area contributed by atoms with Crippen LogP contribution in [0.15, 0.2) is 65.8 Å². The SMILES string of the molecule is CCOC(=O)c1ccc(NC(=O)CSc2nnc(CNC(=O)c3ccc(OC)c(OC)c3)n2-c2cccc(C)c2C)cc1. The molecule has 0 aliphatic heterocycles. The Bertz CT molecular complexity index is 1620. The molecule has 0 atom stereocenters. The molecule has 0 bridgehead atoms. The number of carbonyl (C=O) groups excluding carboxylic acids is 3. The molecule has 4 aromatic rings. The number of benzene rings is 3. The molecule has 0 saturated carbocycles. The molecule has 3 aromatic carbocycles. The van der Waals surface area contributed by atoms with Crippen molar-refractivity contribution in [1.29, 1.82) is 0 Å². The fraction of sp³-hybridized carbons (Fsp3) is 0.258. The van der Waals surface area contributed by atoms with E-state index < -0.39 is 5.97 Å². The monoisotopic (exact) mass is 603 g/mol. The van der Waals surface area contributed by atoms with Gasteiger partial charge in [0.2, 0.25) is 5.91 Å². The lowest BCUT2D eigenvalue weighted by atomic mass is 10.1. The number of nitrogens with one attached hydrogen (secondary N) is 2. The van der Waals surface area contributed by atoms with Crippen LogP contribution in [0.5, 0.6) is 11.5 Å². The number of hydrogen-bond donors (Lipinski definition) is 2. The van der Waals surface area contributed by atoms with Crippen LogP contribution in [0.25, 0.3) is 5.69 Å². The second-order valence-corrected chi connectivity index (χ2v) is 10.3. The second kappa shape index (κ2) is 14.4. The molecular weight excluding hydrogens is 570 g/mol. The number of methoxy groups -OCH3 is 2. The van der Waals surface area contributed by atoms with Crippen LogP contribution >= 0.6 is 11.8 Å². The van der Waals surface area contributed by atoms with E-state index in [4.69, 9.17) is 14.2 Å². The van der Waals surface area contributed by atoms with E-state index in [2.05, 4.69) is 20.8 Å². The Kier molecular flexibility index (Phi) is 10.4. The number of nitrogens with zero attached hydrogens (tertiary/aromatic N) is 3. The van der Waals surface area contributed by atoms with E-state index in [0.29, 0.717) is 39.3 Å². The quantitative estimate of drug-likeness (QED) is 0.174. The molecule has 0 aliphatic rings. The lowest BCUT2D eigenvalue weighted by Crippen LogP contribution is -2.25. The van der Waals surface area contributed by atoms with Crippen molar-refractivity contribution in [2.24, 2.45) is 0 Å². The Labute approximate surface area is 253 Å². The zero-order valence-electron chi connectivity index (χ0n) is 24.6. The summed E-state index contributed by atoms with van der Waals surface area (Å²) in [5, 5.41) is 14.9. The van der Waals surface area contributed by atoms with Crippen molar-refractivity contribution in [1.82, 2.24) is 20.1 Å². The first kappa shape index (κ1) is 31.1. The molecule has 2 amide bonds. The minimum Gasteiger partial charge on any atom is -0.493 e. The maximum Gasteiger partial charge on any atom is 0.338 e. The van der Waals surface area contributed by atoms with Crippen molar-refractivity contribution in [3.05, 3.63) is 88.7 Å². The third kappa shape index (κ3) is 7.52. The first-order valence-electron chi connectivity index (χ1n) is 13.5. The highest BCUT2D eigenvalue weighted by molar-refractivity contribution is 7.99. The van der Waals surface area contributed by atoms with E-state index in [1.165, 1.54) is 26.0 Å². The summed E-state index contributed by atoms with van der Waals surface area (Å²) in [5.74, 6) is 0.526. The van der Waals surface area contributed by atoms with E-state index in [1.807, 2.05) is 36.6 Å². The number of aromatic nitrogens is 3. The minimum absolute atomic E-state index is 0.0562. The third-order valence-electron chi connectivity index (χ3n) is 6.58. The van der Waals surface area contributed by atoms with E-state index in [9.17, 15) is 14.4 Å². The molecule has 12 heteroatoms. The number of hydrogen-bond acceptors (Lipinski definition) is 9. The summed E-state index contributed by atoms with van der Waals surface area (Å²) in [7, 11) is 3.04. The molecule has 1 aromatic heterocycles. The number of carbonyl (C=O) groups is 3. The Balaban J connectivity index is 1.50. The van der Waals surface area contributed by atoms with Crippen LogP contribution in [-0.2, 0) is 16.1 Å². The normalized spacial score (nSPS) is 10.6. The summed E-state index contributed by atoms with van der Waals surface area (Å²) >= 11 is 1.22. The molecule has 0 spiro atoms. The van der Waals surface area contributed by atoms with Gasteiger partial charge in [-0.25, -0.2) is 4.79 Å². The van der Waals surface area contributed by atoms with E-state index in [0.717, 1.165) is 16.8 Å². The Morgan fingerprint density at radius 1 is 0.907 bits per heavy atom. The van der Waals surface area contributed by atoms with Gasteiger partial charge in [-0.05, 0) is 80.4 Å². The largest absolute Gasteiger partial charge is 0.493 e. The molecule has 224 valence electrons. The smallest absolute Gasteiger partial charge is 0.338 e. The van der Waals surface area contributed by atoms with Crippen molar-refractivity contribution in [3.63, 3.8) is 0 Å². The van der Waals surface area contributed by atoms with Crippen molar-refractivity contribution >= 4 is 35.2 Å². The van der Waals surface area contributed by atoms with Crippen LogP contribution in [0, 0.1) is 13.8 Å². The molecule has 0 unspecified atom stereocenters. The van der Waals surface area contributed by atoms with Crippen LogP contribution in [0.1, 0.15) is 44.6 Å². The topological polar surface area (TPSA) is 134 Å². The standard InChI is InChI=1S/C31H33N5O6S/c1-6-42-30(39)21-10-13-23(14-11-21)33-28(37)18-43-31-35-34-27(36(31)24-9-7-8-19(2)20(24)3)17-32-29(38)22-12-15-25(40-4)26(16-22)41-5/h7-16H,6,17-18H2,1-5H3,(H,32,38)(H,33,37). The zero-order valence-corrected chi connectivity index (χ0v) is 25.4. The molecule has 0 fully saturated rings. The maximum atomic E-state index is 13.0. The minimum atomic E-state index is -0.419. The van der Waals surface area contributed by atoms with Crippen LogP contribution in [0.3, 0.4) is 0 Å². The third-order valence-corrected chi connectivity index (χ3v) is 7.51. The van der Waals surface area contributed by atoms with Crippen molar-refractivity contribution < 1.29 is 28.6 Å². The highest BCUT2D eigenvalue weighted by atomic mass is 32.2. The Morgan fingerprint density at radius 3 is 2.33 bits per heavy atom. The van der Waals surface area contributed by atoms with Crippen LogP contribution in [-0.4, -0.2) is 59.1 Å². The van der Waals surface area contributed by atoms with Gasteiger partial charge in [-0.3, -0.25) is 14.2 Å². The summed E-state index contributed by atoms with van der Waals surface area (Å²) in [5.41, 5.74) is 4.29. The predicted octanol–water partition coefficient (Wildman–Crippen LogP) is 4.74. The lowest BCUT2D eigenvalue weighted by Gasteiger charge is -2.15. The lowest BCUT2D eigenvalue weighted by molar-refractivity contribution is -0.113. The summed E-state index contributed by atoms with van der Waals surface area (Å²) in [6, 6.07) is 17.3. The highest BCUT2D eigenvalue weighted by Crippen LogP contribution is 2.28. The van der Waals surface area contributed by atoms with Crippen molar-refractivity contribution in [3.8, 4) is 17.2 Å². The molecule has 2 N–H and O–H groups in total. The molecule has 4 rings (SSSR count). The number of rotatable bonds is 12. The number of thioether (sulfide) groups is 1. The Hall–Kier alpha value is -4.84. The van der Waals surface area contributed by atoms with Gasteiger partial charge in [0.05, 0.1) is 44.4 Å². The number of aryl methyl sites for hydroxylation is 1. The molecule has 43 heavy (non-hydrogen) atoms. The molecule has 1 heterocycles. The Morgan fingerprint density at radius 2 is 1.63 bits per heavy atom. The van der Waals surface area contributed by atoms with Gasteiger partial charge in [-0.2, -0.15) is 0 Å². The molecule has 11 nitrogen and oxygen atoms in total. The zero-order chi connectivity index (χ0) is 30.9. The molecule has 0 radical (unpaired) electrons. The number of anilines is 1. The fourth-order valence-electron chi connectivity index (χ4n) is 4.20. The summed E-state index contributed by atoms with van der Waals surface area (Å²) in [6.45, 7) is 6.12. The van der Waals surface area contributed by atoms with E-state index >= 15 is 0 Å². The second-order valence-electron chi connectivity index (χ2n) is 9.34. The summed E-state index contributed by atoms with van der Waals surface area (Å²) in [4.78, 5) is 37.7. The highest BCUT2D eigenvalue weighted by Gasteiger charge is 2.19. The number of ether oxygens (including phenoxy) is 3. The predicted molar refractivity (Wildman–Crippen MR) is 163 cm³/mol. The van der Waals surface area contributed by atoms with Crippen molar-refractivity contribution in [2.75, 3.05) is 31.9 Å². The summed E-state index contributed by atoms with van der Waals surface area (Å²) < 4.78 is 17.4. The number of esters is 1. The molecule has 0 aliphatic carbocycles. The first-order chi connectivity index (χ1) is 20.7. The van der Waals surface area contributed by atoms with Crippen LogP contribution in [0.4, 0.5) is 5.69 Å². The van der Waals surface area contributed by atoms with Crippen LogP contribution in [0.2, 0.25) is 0 Å². The first-order valence-corrected chi connectivity index (χ1v) is 14.4. The van der Waals surface area contributed by atoms with Gasteiger partial charge in [0.25, 0.3) is 5.91 Å². The number of amides is 2. The fourth-order valence-corrected chi connectivity index (χ4v) is 4.96. The summed E-state index contributed by atoms with van der Waals surface area (Å²) in [6.07, 6.45) is 0. The van der Waals surface area contributed by atoms with E-state index in [1.54, 1.807) is 49.4 Å². The van der Waals surface area contributed by atoms with Gasteiger partial charge in [-0.1, -0.05) is 23.9 Å². The van der Waals surface area contributed by atoms with Crippen LogP contribution < -0.4 is 20.1 Å². The van der Waals surface area contributed by atoms with E-state index in [-0.39, 0.29) is 30.7 Å². The van der Waals surface area contributed by atoms with Gasteiger partial charge in [-0.15, -0.1) is 10.2 Å². The van der Waals surface area contributed by atoms with Gasteiger partial charge in [0.15, 0.2) is 22.5 Å².